The molecule has 2 amide bonds. The summed E-state index contributed by atoms with van der Waals surface area (Å²) in [5, 5.41) is 14.7. The Morgan fingerprint density at radius 2 is 2.27 bits per heavy atom. The third kappa shape index (κ3) is 4.55. The molecule has 8 nitrogen and oxygen atoms in total. The van der Waals surface area contributed by atoms with Gasteiger partial charge < -0.3 is 30.0 Å². The van der Waals surface area contributed by atoms with Crippen molar-refractivity contribution in [3.05, 3.63) is 17.8 Å². The van der Waals surface area contributed by atoms with E-state index in [2.05, 4.69) is 15.6 Å². The van der Waals surface area contributed by atoms with Gasteiger partial charge in [0.15, 0.2) is 6.29 Å². The van der Waals surface area contributed by atoms with Crippen LogP contribution in [-0.2, 0) is 9.47 Å². The molecule has 0 bridgehead atoms. The molecule has 2 heterocycles. The molecule has 3 N–H and O–H groups in total. The first-order valence-corrected chi connectivity index (χ1v) is 7.04. The minimum absolute atomic E-state index is 0.208. The Bertz CT molecular complexity index is 505. The molecule has 0 aromatic carbocycles. The zero-order valence-corrected chi connectivity index (χ0v) is 12.7. The summed E-state index contributed by atoms with van der Waals surface area (Å²) < 4.78 is 15.7. The van der Waals surface area contributed by atoms with Crippen molar-refractivity contribution in [2.24, 2.45) is 0 Å². The minimum atomic E-state index is -0.466. The third-order valence-electron chi connectivity index (χ3n) is 3.15. The van der Waals surface area contributed by atoms with Gasteiger partial charge in [-0.05, 0) is 18.6 Å². The van der Waals surface area contributed by atoms with Gasteiger partial charge in [0.05, 0.1) is 33.0 Å². The van der Waals surface area contributed by atoms with Crippen LogP contribution in [0.1, 0.15) is 12.0 Å². The van der Waals surface area contributed by atoms with Crippen LogP contribution in [0.25, 0.3) is 0 Å². The lowest BCUT2D eigenvalue weighted by molar-refractivity contribution is -0.0548. The zero-order valence-electron chi connectivity index (χ0n) is 12.7. The van der Waals surface area contributed by atoms with Crippen LogP contribution in [0.2, 0.25) is 0 Å². The maximum absolute atomic E-state index is 12.0. The average Bonchev–Trinajstić information content (AvgIpc) is 2.99. The van der Waals surface area contributed by atoms with Crippen LogP contribution in [0.5, 0.6) is 5.88 Å². The van der Waals surface area contributed by atoms with Crippen molar-refractivity contribution in [1.29, 1.82) is 0 Å². The predicted molar refractivity (Wildman–Crippen MR) is 78.9 cm³/mol. The van der Waals surface area contributed by atoms with Crippen LogP contribution >= 0.6 is 0 Å². The zero-order chi connectivity index (χ0) is 15.9. The summed E-state index contributed by atoms with van der Waals surface area (Å²) in [6.07, 6.45) is 1.63. The molecule has 1 aromatic rings. The molecule has 1 saturated heterocycles. The Balaban J connectivity index is 1.91. The number of hydrogen-bond donors (Lipinski definition) is 3. The van der Waals surface area contributed by atoms with Crippen LogP contribution in [0.4, 0.5) is 10.5 Å². The van der Waals surface area contributed by atoms with Gasteiger partial charge in [0.2, 0.25) is 5.88 Å². The van der Waals surface area contributed by atoms with Gasteiger partial charge in [-0.25, -0.2) is 9.78 Å². The van der Waals surface area contributed by atoms with E-state index in [1.54, 1.807) is 12.3 Å². The largest absolute Gasteiger partial charge is 0.480 e. The Morgan fingerprint density at radius 1 is 1.55 bits per heavy atom. The van der Waals surface area contributed by atoms with E-state index in [0.717, 1.165) is 5.56 Å². The molecule has 1 unspecified atom stereocenters. The second-order valence-corrected chi connectivity index (χ2v) is 4.95. The smallest absolute Gasteiger partial charge is 0.319 e. The maximum atomic E-state index is 12.0. The molecule has 8 heteroatoms. The van der Waals surface area contributed by atoms with E-state index in [-0.39, 0.29) is 6.61 Å². The average molecular weight is 311 g/mol. The molecule has 1 fully saturated rings. The topological polar surface area (TPSA) is 102 Å². The number of nitrogens with zero attached hydrogens (tertiary/aromatic N) is 1. The van der Waals surface area contributed by atoms with Gasteiger partial charge in [-0.1, -0.05) is 0 Å². The fourth-order valence-electron chi connectivity index (χ4n) is 2.11. The quantitative estimate of drug-likeness (QED) is 0.713. The first-order chi connectivity index (χ1) is 10.6. The van der Waals surface area contributed by atoms with Gasteiger partial charge >= 0.3 is 6.03 Å². The van der Waals surface area contributed by atoms with Crippen molar-refractivity contribution < 1.29 is 24.1 Å². The number of aliphatic hydroxyl groups is 1. The summed E-state index contributed by atoms with van der Waals surface area (Å²) in [7, 11) is 1.48. The molecule has 2 rings (SSSR count). The second kappa shape index (κ2) is 7.92. The summed E-state index contributed by atoms with van der Waals surface area (Å²) in [6, 6.07) is 0.831. The third-order valence-corrected chi connectivity index (χ3v) is 3.15. The molecule has 0 aliphatic carbocycles. The number of urea groups is 1. The van der Waals surface area contributed by atoms with Gasteiger partial charge in [-0.15, -0.1) is 0 Å². The van der Waals surface area contributed by atoms with Gasteiger partial charge in [0.1, 0.15) is 5.69 Å². The lowest BCUT2D eigenvalue weighted by Gasteiger charge is -2.19. The number of rotatable bonds is 6. The highest BCUT2D eigenvalue weighted by molar-refractivity contribution is 5.90. The highest BCUT2D eigenvalue weighted by Gasteiger charge is 2.22. The number of carbonyl (C=O) groups excluding carboxylic acids is 1. The number of anilines is 1. The minimum Gasteiger partial charge on any atom is -0.480 e. The number of aliphatic hydroxyl groups excluding tert-OH is 1. The molecule has 0 radical (unpaired) electrons. The van der Waals surface area contributed by atoms with E-state index in [1.807, 2.05) is 6.92 Å². The van der Waals surface area contributed by atoms with Crippen molar-refractivity contribution >= 4 is 11.7 Å². The van der Waals surface area contributed by atoms with E-state index < -0.39 is 18.4 Å². The number of carbonyl (C=O) groups is 1. The van der Waals surface area contributed by atoms with Gasteiger partial charge in [0, 0.05) is 12.6 Å². The van der Waals surface area contributed by atoms with Crippen LogP contribution in [0, 0.1) is 6.92 Å². The summed E-state index contributed by atoms with van der Waals surface area (Å²) in [4.78, 5) is 16.1. The van der Waals surface area contributed by atoms with E-state index in [4.69, 9.17) is 14.2 Å². The Labute approximate surface area is 128 Å². The van der Waals surface area contributed by atoms with E-state index in [1.165, 1.54) is 7.11 Å². The van der Waals surface area contributed by atoms with Crippen LogP contribution in [-0.4, -0.2) is 55.4 Å². The second-order valence-electron chi connectivity index (χ2n) is 4.95. The van der Waals surface area contributed by atoms with Crippen molar-refractivity contribution in [2.75, 3.05) is 32.2 Å². The summed E-state index contributed by atoms with van der Waals surface area (Å²) in [5.74, 6) is 0.323. The van der Waals surface area contributed by atoms with Gasteiger partial charge in [0.25, 0.3) is 0 Å². The highest BCUT2D eigenvalue weighted by atomic mass is 16.7. The molecule has 0 saturated carbocycles. The number of hydrogen-bond acceptors (Lipinski definition) is 6. The van der Waals surface area contributed by atoms with E-state index >= 15 is 0 Å². The number of aromatic nitrogens is 1. The molecule has 22 heavy (non-hydrogen) atoms. The lowest BCUT2D eigenvalue weighted by atomic mass is 10.2. The molecular weight excluding hydrogens is 290 g/mol. The van der Waals surface area contributed by atoms with E-state index in [0.29, 0.717) is 31.2 Å². The Hall–Kier alpha value is -1.90. The number of nitrogens with one attached hydrogen (secondary N) is 2. The number of ether oxygens (including phenoxy) is 3. The first kappa shape index (κ1) is 16.5. The van der Waals surface area contributed by atoms with Gasteiger partial charge in [-0.2, -0.15) is 0 Å². The van der Waals surface area contributed by atoms with Crippen molar-refractivity contribution in [1.82, 2.24) is 10.3 Å². The van der Waals surface area contributed by atoms with Crippen molar-refractivity contribution in [2.45, 2.75) is 25.7 Å². The van der Waals surface area contributed by atoms with Crippen molar-refractivity contribution in [3.63, 3.8) is 0 Å². The number of methoxy groups -OCH3 is 1. The van der Waals surface area contributed by atoms with Crippen molar-refractivity contribution in [3.8, 4) is 5.88 Å². The Kier molecular flexibility index (Phi) is 5.93. The Morgan fingerprint density at radius 3 is 2.91 bits per heavy atom. The SMILES string of the molecule is COc1ncc(C)cc1NC(=O)NC(CO)CC1OCCO1. The summed E-state index contributed by atoms with van der Waals surface area (Å²) in [5.41, 5.74) is 1.35. The van der Waals surface area contributed by atoms with Crippen LogP contribution in [0.3, 0.4) is 0 Å². The molecule has 1 aliphatic heterocycles. The number of pyridine rings is 1. The molecule has 1 atom stereocenters. The van der Waals surface area contributed by atoms with Crippen LogP contribution < -0.4 is 15.4 Å². The predicted octanol–water partition coefficient (Wildman–Crippen LogP) is 0.644. The maximum Gasteiger partial charge on any atom is 0.319 e. The molecule has 1 aliphatic rings. The van der Waals surface area contributed by atoms with E-state index in [9.17, 15) is 9.90 Å². The molecule has 1 aromatic heterocycles. The van der Waals surface area contributed by atoms with Crippen LogP contribution in [0.15, 0.2) is 12.3 Å². The molecule has 0 spiro atoms. The highest BCUT2D eigenvalue weighted by Crippen LogP contribution is 2.21. The lowest BCUT2D eigenvalue weighted by Crippen LogP contribution is -2.42. The number of amides is 2. The summed E-state index contributed by atoms with van der Waals surface area (Å²) in [6.45, 7) is 2.71. The first-order valence-electron chi connectivity index (χ1n) is 7.04. The normalized spacial score (nSPS) is 16.3. The standard InChI is InChI=1S/C14H21N3O5/c1-9-5-11(13(20-2)15-7-9)17-14(19)16-10(8-18)6-12-21-3-4-22-12/h5,7,10,12,18H,3-4,6,8H2,1-2H3,(H2,16,17,19). The molecular formula is C14H21N3O5. The number of aryl methyl sites for hydroxylation is 1. The molecule has 122 valence electrons. The summed E-state index contributed by atoms with van der Waals surface area (Å²) >= 11 is 0. The monoisotopic (exact) mass is 311 g/mol. The fourth-order valence-corrected chi connectivity index (χ4v) is 2.11. The fraction of sp³-hybridized carbons (Fsp3) is 0.571. The van der Waals surface area contributed by atoms with Gasteiger partial charge in [-0.3, -0.25) is 0 Å².